The number of hydrogen-bond acceptors (Lipinski definition) is 10. The molecule has 2 aromatic carbocycles. The van der Waals surface area contributed by atoms with E-state index in [1.807, 2.05) is 0 Å². The highest BCUT2D eigenvalue weighted by Gasteiger charge is 2.19. The number of allylic oxidation sites excluding steroid dienone is 1. The Balaban J connectivity index is 1.50. The summed E-state index contributed by atoms with van der Waals surface area (Å²) in [5.74, 6) is 0.0479. The molecule has 232 valence electrons. The van der Waals surface area contributed by atoms with Crippen molar-refractivity contribution in [3.63, 3.8) is 0 Å². The number of nitrogens with zero attached hydrogens (tertiary/aromatic N) is 5. The minimum Gasteiger partial charge on any atom is -0.489 e. The van der Waals surface area contributed by atoms with Gasteiger partial charge in [0.1, 0.15) is 35.8 Å². The molecule has 45 heavy (non-hydrogen) atoms. The maximum Gasteiger partial charge on any atom is 0.290 e. The molecule has 0 saturated heterocycles. The lowest BCUT2D eigenvalue weighted by Crippen LogP contribution is -2.24. The second-order valence-corrected chi connectivity index (χ2v) is 10.3. The van der Waals surface area contributed by atoms with E-state index in [0.717, 1.165) is 9.36 Å². The average molecular weight is 615 g/mol. The van der Waals surface area contributed by atoms with E-state index in [-0.39, 0.29) is 35.5 Å². The normalized spacial score (nSPS) is 11.9. The van der Waals surface area contributed by atoms with E-state index in [0.29, 0.717) is 39.3 Å². The number of halogens is 1. The predicted octanol–water partition coefficient (Wildman–Crippen LogP) is 3.34. The standard InChI is InChI=1S/C32H31FN6O6/c1-18(2)19-10-20-13-35-39(32(43)30(20)25(33)11-19)28-7-5-6-23(24(28)15-40)26-12-27(31(42)38(3)37-26)36-29-9-8-22(14-34-29)45-17-21(41)16-44-4/h5-14,21,40-41H,1,15-17H2,2-4H3,(H,34,36)/t21-/m1/s1. The van der Waals surface area contributed by atoms with Crippen LogP contribution >= 0.6 is 0 Å². The van der Waals surface area contributed by atoms with Crippen molar-refractivity contribution in [1.82, 2.24) is 24.5 Å². The molecular formula is C32H31FN6O6. The van der Waals surface area contributed by atoms with Crippen LogP contribution in [-0.4, -0.2) is 61.2 Å². The van der Waals surface area contributed by atoms with Gasteiger partial charge in [-0.1, -0.05) is 24.3 Å². The third-order valence-corrected chi connectivity index (χ3v) is 7.01. The Hall–Kier alpha value is -5.24. The first kappa shape index (κ1) is 31.2. The molecule has 5 rings (SSSR count). The summed E-state index contributed by atoms with van der Waals surface area (Å²) in [5.41, 5.74) is 1.45. The van der Waals surface area contributed by atoms with Crippen LogP contribution in [0.1, 0.15) is 18.1 Å². The minimum atomic E-state index is -0.792. The fraction of sp³-hybridized carbons (Fsp3) is 0.219. The molecule has 1 atom stereocenters. The van der Waals surface area contributed by atoms with E-state index in [4.69, 9.17) is 9.47 Å². The van der Waals surface area contributed by atoms with Gasteiger partial charge in [-0.15, -0.1) is 0 Å². The van der Waals surface area contributed by atoms with Crippen molar-refractivity contribution < 1.29 is 24.1 Å². The van der Waals surface area contributed by atoms with Crippen LogP contribution in [0.2, 0.25) is 0 Å². The fourth-order valence-corrected chi connectivity index (χ4v) is 4.77. The van der Waals surface area contributed by atoms with Gasteiger partial charge in [0.25, 0.3) is 11.1 Å². The van der Waals surface area contributed by atoms with Gasteiger partial charge < -0.3 is 25.0 Å². The van der Waals surface area contributed by atoms with E-state index in [2.05, 4.69) is 27.1 Å². The summed E-state index contributed by atoms with van der Waals surface area (Å²) in [6, 6.07) is 12.5. The van der Waals surface area contributed by atoms with E-state index in [1.54, 1.807) is 43.3 Å². The highest BCUT2D eigenvalue weighted by atomic mass is 19.1. The Bertz CT molecular complexity index is 2010. The summed E-state index contributed by atoms with van der Waals surface area (Å²) in [4.78, 5) is 30.7. The van der Waals surface area contributed by atoms with Gasteiger partial charge in [0, 0.05) is 30.7 Å². The molecule has 0 spiro atoms. The lowest BCUT2D eigenvalue weighted by molar-refractivity contribution is 0.0325. The number of aliphatic hydroxyl groups is 2. The Morgan fingerprint density at radius 1 is 1.11 bits per heavy atom. The Morgan fingerprint density at radius 3 is 2.60 bits per heavy atom. The zero-order chi connectivity index (χ0) is 32.2. The van der Waals surface area contributed by atoms with Gasteiger partial charge in [-0.3, -0.25) is 9.59 Å². The maximum atomic E-state index is 15.1. The molecule has 12 nitrogen and oxygen atoms in total. The van der Waals surface area contributed by atoms with Gasteiger partial charge in [-0.25, -0.2) is 14.1 Å². The van der Waals surface area contributed by atoms with Crippen LogP contribution in [0.3, 0.4) is 0 Å². The van der Waals surface area contributed by atoms with Crippen LogP contribution in [0.5, 0.6) is 5.75 Å². The lowest BCUT2D eigenvalue weighted by atomic mass is 10.0. The summed E-state index contributed by atoms with van der Waals surface area (Å²) in [6.07, 6.45) is 2.04. The third-order valence-electron chi connectivity index (χ3n) is 7.01. The molecule has 0 aliphatic rings. The molecular weight excluding hydrogens is 583 g/mol. The summed E-state index contributed by atoms with van der Waals surface area (Å²) in [6.45, 7) is 5.22. The highest BCUT2D eigenvalue weighted by Crippen LogP contribution is 2.29. The number of aromatic nitrogens is 5. The number of hydrogen-bond donors (Lipinski definition) is 3. The summed E-state index contributed by atoms with van der Waals surface area (Å²) in [7, 11) is 2.96. The zero-order valence-electron chi connectivity index (χ0n) is 24.8. The number of ether oxygens (including phenoxy) is 2. The SMILES string of the molecule is C=C(C)c1cc(F)c2c(=O)n(-c3cccc(-c4cc(Nc5ccc(OC[C@H](O)COC)cn5)c(=O)n(C)n4)c3CO)ncc2c1. The van der Waals surface area contributed by atoms with Crippen LogP contribution < -0.4 is 21.2 Å². The Labute approximate surface area is 256 Å². The first-order valence-corrected chi connectivity index (χ1v) is 13.8. The predicted molar refractivity (Wildman–Crippen MR) is 167 cm³/mol. The van der Waals surface area contributed by atoms with Crippen LogP contribution in [0.25, 0.3) is 33.3 Å². The van der Waals surface area contributed by atoms with Gasteiger partial charge in [-0.2, -0.15) is 14.9 Å². The van der Waals surface area contributed by atoms with Crippen molar-refractivity contribution in [3.05, 3.63) is 105 Å². The van der Waals surface area contributed by atoms with Crippen molar-refractivity contribution in [2.45, 2.75) is 19.6 Å². The number of fused-ring (bicyclic) bond motifs is 1. The van der Waals surface area contributed by atoms with Gasteiger partial charge in [-0.05, 0) is 48.9 Å². The summed E-state index contributed by atoms with van der Waals surface area (Å²) in [5, 5.41) is 32.0. The lowest BCUT2D eigenvalue weighted by Gasteiger charge is -2.16. The number of benzene rings is 2. The molecule has 0 amide bonds. The van der Waals surface area contributed by atoms with Gasteiger partial charge >= 0.3 is 0 Å². The molecule has 0 saturated carbocycles. The van der Waals surface area contributed by atoms with Crippen molar-refractivity contribution >= 4 is 27.9 Å². The van der Waals surface area contributed by atoms with Crippen molar-refractivity contribution in [1.29, 1.82) is 0 Å². The molecule has 0 unspecified atom stereocenters. The molecule has 0 bridgehead atoms. The molecule has 3 aromatic heterocycles. The number of aliphatic hydroxyl groups excluding tert-OH is 2. The Kier molecular flexibility index (Phi) is 9.13. The first-order chi connectivity index (χ1) is 21.6. The van der Waals surface area contributed by atoms with E-state index >= 15 is 4.39 Å². The molecule has 0 fully saturated rings. The number of aryl methyl sites for hydroxylation is 1. The van der Waals surface area contributed by atoms with Crippen molar-refractivity contribution in [2.75, 3.05) is 25.6 Å². The molecule has 0 aliphatic heterocycles. The Morgan fingerprint density at radius 2 is 1.91 bits per heavy atom. The van der Waals surface area contributed by atoms with Crippen LogP contribution in [-0.2, 0) is 18.4 Å². The van der Waals surface area contributed by atoms with Gasteiger partial charge in [0.2, 0.25) is 0 Å². The van der Waals surface area contributed by atoms with E-state index < -0.39 is 29.6 Å². The van der Waals surface area contributed by atoms with E-state index in [1.165, 1.54) is 38.7 Å². The zero-order valence-corrected chi connectivity index (χ0v) is 24.8. The molecule has 0 aliphatic carbocycles. The number of anilines is 2. The number of pyridine rings is 1. The largest absolute Gasteiger partial charge is 0.489 e. The molecule has 0 radical (unpaired) electrons. The average Bonchev–Trinajstić information content (AvgIpc) is 3.02. The van der Waals surface area contributed by atoms with Crippen molar-refractivity contribution in [2.24, 2.45) is 7.05 Å². The third kappa shape index (κ3) is 6.50. The topological polar surface area (TPSA) is 154 Å². The van der Waals surface area contributed by atoms with Crippen LogP contribution in [0.15, 0.2) is 77.1 Å². The smallest absolute Gasteiger partial charge is 0.290 e. The van der Waals surface area contributed by atoms with Crippen LogP contribution in [0, 0.1) is 5.82 Å². The number of rotatable bonds is 11. The quantitative estimate of drug-likeness (QED) is 0.202. The van der Waals surface area contributed by atoms with Crippen molar-refractivity contribution in [3.8, 4) is 22.7 Å². The van der Waals surface area contributed by atoms with E-state index in [9.17, 15) is 19.8 Å². The molecule has 3 heterocycles. The number of methoxy groups -OCH3 is 1. The van der Waals surface area contributed by atoms with Gasteiger partial charge in [0.05, 0.1) is 42.4 Å². The summed E-state index contributed by atoms with van der Waals surface area (Å²) < 4.78 is 27.7. The second kappa shape index (κ2) is 13.2. The molecule has 13 heteroatoms. The monoisotopic (exact) mass is 614 g/mol. The molecule has 3 N–H and O–H groups in total. The van der Waals surface area contributed by atoms with Gasteiger partial charge in [0.15, 0.2) is 0 Å². The fourth-order valence-electron chi connectivity index (χ4n) is 4.77. The molecule has 5 aromatic rings. The second-order valence-electron chi connectivity index (χ2n) is 10.3. The summed E-state index contributed by atoms with van der Waals surface area (Å²) >= 11 is 0. The maximum absolute atomic E-state index is 15.1. The van der Waals surface area contributed by atoms with Crippen LogP contribution in [0.4, 0.5) is 15.9 Å². The minimum absolute atomic E-state index is 0.0224. The first-order valence-electron chi connectivity index (χ1n) is 13.8. The highest BCUT2D eigenvalue weighted by molar-refractivity contribution is 5.85. The number of nitrogens with one attached hydrogen (secondary N) is 1.